The van der Waals surface area contributed by atoms with Gasteiger partial charge in [0, 0.05) is 14.1 Å². The van der Waals surface area contributed by atoms with Crippen LogP contribution in [-0.2, 0) is 14.6 Å². The van der Waals surface area contributed by atoms with Gasteiger partial charge in [0.2, 0.25) is 5.91 Å². The zero-order valence-corrected chi connectivity index (χ0v) is 11.1. The maximum atomic E-state index is 13.6. The van der Waals surface area contributed by atoms with Gasteiger partial charge in [0.05, 0.1) is 5.56 Å². The number of halogens is 1. The lowest BCUT2D eigenvalue weighted by atomic mass is 10.2. The van der Waals surface area contributed by atoms with Gasteiger partial charge in [0.1, 0.15) is 16.5 Å². The third-order valence-electron chi connectivity index (χ3n) is 2.33. The van der Waals surface area contributed by atoms with Crippen molar-refractivity contribution in [1.29, 1.82) is 0 Å². The van der Waals surface area contributed by atoms with Gasteiger partial charge in [-0.3, -0.25) is 4.79 Å². The number of carbonyl (C=O) groups is 2. The van der Waals surface area contributed by atoms with Crippen molar-refractivity contribution in [3.63, 3.8) is 0 Å². The lowest BCUT2D eigenvalue weighted by Gasteiger charge is -2.11. The Balaban J connectivity index is 3.16. The lowest BCUT2D eigenvalue weighted by molar-refractivity contribution is -0.125. The average molecular weight is 289 g/mol. The summed E-state index contributed by atoms with van der Waals surface area (Å²) in [5.41, 5.74) is -0.365. The van der Waals surface area contributed by atoms with Crippen LogP contribution >= 0.6 is 0 Å². The van der Waals surface area contributed by atoms with Gasteiger partial charge in [-0.15, -0.1) is 0 Å². The van der Waals surface area contributed by atoms with Crippen molar-refractivity contribution in [2.24, 2.45) is 0 Å². The molecule has 1 aromatic rings. The molecule has 0 atom stereocenters. The van der Waals surface area contributed by atoms with Crippen molar-refractivity contribution in [2.75, 3.05) is 19.8 Å². The molecule has 0 aliphatic carbocycles. The molecule has 0 aromatic heterocycles. The van der Waals surface area contributed by atoms with E-state index in [9.17, 15) is 22.4 Å². The first kappa shape index (κ1) is 15.1. The highest BCUT2D eigenvalue weighted by Crippen LogP contribution is 2.18. The van der Waals surface area contributed by atoms with Gasteiger partial charge in [0.25, 0.3) is 0 Å². The second-order valence-corrected chi connectivity index (χ2v) is 5.96. The lowest BCUT2D eigenvalue weighted by Crippen LogP contribution is -2.29. The maximum absolute atomic E-state index is 13.6. The largest absolute Gasteiger partial charge is 0.478 e. The summed E-state index contributed by atoms with van der Waals surface area (Å²) in [4.78, 5) is 22.3. The summed E-state index contributed by atoms with van der Waals surface area (Å²) in [5, 5.41) is 8.64. The smallest absolute Gasteiger partial charge is 0.335 e. The molecule has 1 N–H and O–H groups in total. The Kier molecular flexibility index (Phi) is 4.25. The van der Waals surface area contributed by atoms with Crippen LogP contribution in [0.4, 0.5) is 4.39 Å². The Hall–Kier alpha value is -1.96. The molecule has 0 aliphatic heterocycles. The molecule has 104 valence electrons. The van der Waals surface area contributed by atoms with Crippen molar-refractivity contribution in [1.82, 2.24) is 4.90 Å². The number of sulfone groups is 1. The van der Waals surface area contributed by atoms with Crippen LogP contribution in [-0.4, -0.2) is 50.1 Å². The van der Waals surface area contributed by atoms with Crippen LogP contribution in [0.15, 0.2) is 23.1 Å². The van der Waals surface area contributed by atoms with E-state index in [1.807, 2.05) is 0 Å². The molecule has 0 heterocycles. The third-order valence-corrected chi connectivity index (χ3v) is 3.95. The molecule has 0 radical (unpaired) electrons. The van der Waals surface area contributed by atoms with Gasteiger partial charge in [0.15, 0.2) is 9.84 Å². The average Bonchev–Trinajstić information content (AvgIpc) is 2.27. The van der Waals surface area contributed by atoms with E-state index in [4.69, 9.17) is 5.11 Å². The minimum Gasteiger partial charge on any atom is -0.478 e. The number of rotatable bonds is 4. The van der Waals surface area contributed by atoms with Crippen LogP contribution in [0.2, 0.25) is 0 Å². The van der Waals surface area contributed by atoms with Crippen LogP contribution in [0.3, 0.4) is 0 Å². The summed E-state index contributed by atoms with van der Waals surface area (Å²) in [6.07, 6.45) is 0. The van der Waals surface area contributed by atoms with Crippen molar-refractivity contribution in [2.45, 2.75) is 4.90 Å². The summed E-state index contributed by atoms with van der Waals surface area (Å²) < 4.78 is 37.2. The van der Waals surface area contributed by atoms with Crippen molar-refractivity contribution in [3.8, 4) is 0 Å². The fraction of sp³-hybridized carbons (Fsp3) is 0.273. The second kappa shape index (κ2) is 5.35. The molecule has 0 saturated heterocycles. The fourth-order valence-electron chi connectivity index (χ4n) is 1.26. The van der Waals surface area contributed by atoms with Gasteiger partial charge < -0.3 is 10.0 Å². The molecule has 8 heteroatoms. The quantitative estimate of drug-likeness (QED) is 0.865. The molecule has 0 fully saturated rings. The molecule has 0 spiro atoms. The number of amides is 1. The highest BCUT2D eigenvalue weighted by molar-refractivity contribution is 7.92. The predicted molar refractivity (Wildman–Crippen MR) is 64.1 cm³/mol. The van der Waals surface area contributed by atoms with Gasteiger partial charge >= 0.3 is 5.97 Å². The number of carbonyl (C=O) groups excluding carboxylic acids is 1. The Labute approximate surface area is 109 Å². The highest BCUT2D eigenvalue weighted by Gasteiger charge is 2.24. The summed E-state index contributed by atoms with van der Waals surface area (Å²) in [6.45, 7) is 0. The van der Waals surface area contributed by atoms with Crippen LogP contribution in [0, 0.1) is 5.82 Å². The monoisotopic (exact) mass is 289 g/mol. The van der Waals surface area contributed by atoms with E-state index in [1.165, 1.54) is 14.1 Å². The van der Waals surface area contributed by atoms with E-state index in [2.05, 4.69) is 0 Å². The zero-order valence-electron chi connectivity index (χ0n) is 10.3. The molecule has 19 heavy (non-hydrogen) atoms. The van der Waals surface area contributed by atoms with Crippen molar-refractivity contribution >= 4 is 21.7 Å². The molecule has 1 aromatic carbocycles. The Morgan fingerprint density at radius 3 is 2.32 bits per heavy atom. The SMILES string of the molecule is CN(C)C(=O)CS(=O)(=O)c1ccc(C(=O)O)cc1F. The number of benzene rings is 1. The first-order valence-corrected chi connectivity index (χ1v) is 6.76. The Bertz CT molecular complexity index is 624. The van der Waals surface area contributed by atoms with E-state index in [-0.39, 0.29) is 5.56 Å². The molecule has 6 nitrogen and oxygen atoms in total. The number of nitrogens with zero attached hydrogens (tertiary/aromatic N) is 1. The first-order chi connectivity index (χ1) is 8.65. The standard InChI is InChI=1S/C11H12FNO5S/c1-13(2)10(14)6-19(17,18)9-4-3-7(11(15)16)5-8(9)12/h3-5H,6H2,1-2H3,(H,15,16). The Morgan fingerprint density at radius 1 is 1.32 bits per heavy atom. The fourth-order valence-corrected chi connectivity index (χ4v) is 2.63. The molecule has 1 amide bonds. The Morgan fingerprint density at radius 2 is 1.89 bits per heavy atom. The normalized spacial score (nSPS) is 11.1. The van der Waals surface area contributed by atoms with Crippen LogP contribution in [0.5, 0.6) is 0 Å². The zero-order chi connectivity index (χ0) is 14.8. The van der Waals surface area contributed by atoms with Gasteiger partial charge in [-0.25, -0.2) is 17.6 Å². The third kappa shape index (κ3) is 3.50. The van der Waals surface area contributed by atoms with Crippen molar-refractivity contribution in [3.05, 3.63) is 29.6 Å². The van der Waals surface area contributed by atoms with E-state index in [0.717, 1.165) is 17.0 Å². The number of carboxylic acids is 1. The van der Waals surface area contributed by atoms with Gasteiger partial charge in [-0.2, -0.15) is 0 Å². The molecule has 0 saturated carbocycles. The van der Waals surface area contributed by atoms with Gasteiger partial charge in [-0.05, 0) is 18.2 Å². The molecular formula is C11H12FNO5S. The van der Waals surface area contributed by atoms with E-state index >= 15 is 0 Å². The van der Waals surface area contributed by atoms with E-state index < -0.39 is 38.2 Å². The van der Waals surface area contributed by atoms with Crippen LogP contribution in [0.25, 0.3) is 0 Å². The summed E-state index contributed by atoms with van der Waals surface area (Å²) in [5.74, 6) is -4.12. The van der Waals surface area contributed by atoms with Gasteiger partial charge in [-0.1, -0.05) is 0 Å². The molecule has 0 bridgehead atoms. The first-order valence-electron chi connectivity index (χ1n) is 5.11. The molecule has 0 unspecified atom stereocenters. The maximum Gasteiger partial charge on any atom is 0.335 e. The van der Waals surface area contributed by atoms with E-state index in [1.54, 1.807) is 0 Å². The molecule has 1 rings (SSSR count). The highest BCUT2D eigenvalue weighted by atomic mass is 32.2. The second-order valence-electron chi connectivity index (χ2n) is 4.00. The van der Waals surface area contributed by atoms with E-state index in [0.29, 0.717) is 6.07 Å². The summed E-state index contributed by atoms with van der Waals surface area (Å²) in [7, 11) is -1.38. The number of hydrogen-bond donors (Lipinski definition) is 1. The number of carboxylic acid groups (broad SMARTS) is 1. The number of aromatic carboxylic acids is 1. The topological polar surface area (TPSA) is 91.8 Å². The predicted octanol–water partition coefficient (Wildman–Crippen LogP) is 0.386. The minimum absolute atomic E-state index is 0.365. The van der Waals surface area contributed by atoms with Crippen LogP contribution < -0.4 is 0 Å². The molecule has 0 aliphatic rings. The number of hydrogen-bond acceptors (Lipinski definition) is 4. The van der Waals surface area contributed by atoms with Crippen LogP contribution in [0.1, 0.15) is 10.4 Å². The van der Waals surface area contributed by atoms with Crippen molar-refractivity contribution < 1.29 is 27.5 Å². The minimum atomic E-state index is -4.14. The molecular weight excluding hydrogens is 277 g/mol. The summed E-state index contributed by atoms with van der Waals surface area (Å²) >= 11 is 0. The summed E-state index contributed by atoms with van der Waals surface area (Å²) in [6, 6.07) is 2.42.